The monoisotopic (exact) mass is 280 g/mol. The molecule has 112 valence electrons. The van der Waals surface area contributed by atoms with Crippen LogP contribution in [0.3, 0.4) is 0 Å². The van der Waals surface area contributed by atoms with Gasteiger partial charge in [0, 0.05) is 19.2 Å². The molecule has 5 heteroatoms. The molecular weight excluding hydrogens is 256 g/mol. The maximum atomic E-state index is 11.7. The second-order valence-corrected chi connectivity index (χ2v) is 5.04. The van der Waals surface area contributed by atoms with Crippen molar-refractivity contribution in [1.29, 1.82) is 0 Å². The summed E-state index contributed by atoms with van der Waals surface area (Å²) >= 11 is 0. The molecule has 0 aliphatic heterocycles. The molecule has 0 saturated heterocycles. The lowest BCUT2D eigenvalue weighted by Gasteiger charge is -2.13. The molecule has 0 spiro atoms. The van der Waals surface area contributed by atoms with Crippen LogP contribution in [0, 0.1) is 0 Å². The molecule has 0 saturated carbocycles. The van der Waals surface area contributed by atoms with Crippen LogP contribution in [-0.2, 0) is 16.0 Å². The zero-order valence-electron chi connectivity index (χ0n) is 12.4. The molecule has 0 aromatic heterocycles. The van der Waals surface area contributed by atoms with Gasteiger partial charge in [-0.1, -0.05) is 12.1 Å². The Kier molecular flexibility index (Phi) is 7.04. The quantitative estimate of drug-likeness (QED) is 0.748. The molecule has 0 aliphatic carbocycles. The Bertz CT molecular complexity index is 421. The molecular formula is C15H24N2O3. The first kappa shape index (κ1) is 16.5. The number of benzene rings is 1. The van der Waals surface area contributed by atoms with Gasteiger partial charge >= 0.3 is 0 Å². The fraction of sp³-hybridized carbons (Fsp3) is 0.533. The van der Waals surface area contributed by atoms with Crippen LogP contribution in [0.5, 0.6) is 5.75 Å². The summed E-state index contributed by atoms with van der Waals surface area (Å²) in [5.41, 5.74) is 6.87. The molecule has 2 atom stereocenters. The van der Waals surface area contributed by atoms with Gasteiger partial charge in [-0.3, -0.25) is 4.79 Å². The van der Waals surface area contributed by atoms with Gasteiger partial charge in [0.1, 0.15) is 5.75 Å². The van der Waals surface area contributed by atoms with E-state index in [0.717, 1.165) is 12.0 Å². The number of hydrogen-bond acceptors (Lipinski definition) is 4. The smallest absolute Gasteiger partial charge is 0.258 e. The molecule has 2 unspecified atom stereocenters. The van der Waals surface area contributed by atoms with Crippen molar-refractivity contribution < 1.29 is 14.3 Å². The Morgan fingerprint density at radius 2 is 2.15 bits per heavy atom. The van der Waals surface area contributed by atoms with Crippen LogP contribution in [0.1, 0.15) is 19.4 Å². The average Bonchev–Trinajstić information content (AvgIpc) is 2.36. The Morgan fingerprint density at radius 3 is 2.80 bits per heavy atom. The molecule has 1 amide bonds. The van der Waals surface area contributed by atoms with E-state index in [4.69, 9.17) is 15.2 Å². The van der Waals surface area contributed by atoms with E-state index in [0.29, 0.717) is 12.4 Å². The summed E-state index contributed by atoms with van der Waals surface area (Å²) in [4.78, 5) is 11.7. The Balaban J connectivity index is 2.43. The Morgan fingerprint density at radius 1 is 1.40 bits per heavy atom. The fourth-order valence-electron chi connectivity index (χ4n) is 1.89. The van der Waals surface area contributed by atoms with E-state index in [2.05, 4.69) is 5.32 Å². The molecule has 1 aromatic rings. The summed E-state index contributed by atoms with van der Waals surface area (Å²) in [6.07, 6.45) is 0.786. The lowest BCUT2D eigenvalue weighted by Crippen LogP contribution is -2.38. The first-order valence-corrected chi connectivity index (χ1v) is 6.77. The van der Waals surface area contributed by atoms with E-state index in [9.17, 15) is 4.79 Å². The third-order valence-corrected chi connectivity index (χ3v) is 2.65. The van der Waals surface area contributed by atoms with Crippen molar-refractivity contribution in [2.45, 2.75) is 32.4 Å². The second-order valence-electron chi connectivity index (χ2n) is 5.04. The van der Waals surface area contributed by atoms with Gasteiger partial charge in [-0.05, 0) is 38.0 Å². The largest absolute Gasteiger partial charge is 0.484 e. The predicted molar refractivity (Wildman–Crippen MR) is 78.8 cm³/mol. The second kappa shape index (κ2) is 8.55. The molecule has 0 fully saturated rings. The van der Waals surface area contributed by atoms with Crippen LogP contribution in [0.25, 0.3) is 0 Å². The number of nitrogens with two attached hydrogens (primary N) is 1. The maximum absolute atomic E-state index is 11.7. The molecule has 3 N–H and O–H groups in total. The van der Waals surface area contributed by atoms with Crippen LogP contribution in [0.4, 0.5) is 0 Å². The van der Waals surface area contributed by atoms with Gasteiger partial charge in [0.25, 0.3) is 5.91 Å². The molecule has 0 heterocycles. The van der Waals surface area contributed by atoms with Crippen LogP contribution in [-0.4, -0.2) is 38.3 Å². The Labute approximate surface area is 120 Å². The van der Waals surface area contributed by atoms with Gasteiger partial charge in [-0.2, -0.15) is 0 Å². The SMILES string of the molecule is COCC(C)NC(=O)COc1cccc(CC(C)N)c1. The third kappa shape index (κ3) is 6.54. The molecule has 0 bridgehead atoms. The van der Waals surface area contributed by atoms with Crippen LogP contribution in [0.2, 0.25) is 0 Å². The number of hydrogen-bond donors (Lipinski definition) is 2. The minimum Gasteiger partial charge on any atom is -0.484 e. The van der Waals surface area contributed by atoms with Crippen LogP contribution < -0.4 is 15.8 Å². The zero-order chi connectivity index (χ0) is 15.0. The number of carbonyl (C=O) groups excluding carboxylic acids is 1. The summed E-state index contributed by atoms with van der Waals surface area (Å²) in [6.45, 7) is 4.31. The lowest BCUT2D eigenvalue weighted by molar-refractivity contribution is -0.124. The van der Waals surface area contributed by atoms with Gasteiger partial charge in [0.2, 0.25) is 0 Å². The number of nitrogens with one attached hydrogen (secondary N) is 1. The summed E-state index contributed by atoms with van der Waals surface area (Å²) in [5.74, 6) is 0.518. The van der Waals surface area contributed by atoms with E-state index in [1.54, 1.807) is 7.11 Å². The van der Waals surface area contributed by atoms with Gasteiger partial charge < -0.3 is 20.5 Å². The van der Waals surface area contributed by atoms with Crippen LogP contribution in [0.15, 0.2) is 24.3 Å². The molecule has 0 aliphatic rings. The predicted octanol–water partition coefficient (Wildman–Crippen LogP) is 1.11. The molecule has 0 radical (unpaired) electrons. The van der Waals surface area contributed by atoms with Crippen molar-refractivity contribution in [2.24, 2.45) is 5.73 Å². The van der Waals surface area contributed by atoms with Crippen molar-refractivity contribution in [2.75, 3.05) is 20.3 Å². The molecule has 20 heavy (non-hydrogen) atoms. The Hall–Kier alpha value is -1.59. The number of ether oxygens (including phenoxy) is 2. The van der Waals surface area contributed by atoms with Gasteiger partial charge in [0.15, 0.2) is 6.61 Å². The summed E-state index contributed by atoms with van der Waals surface area (Å²) in [5, 5.41) is 2.79. The normalized spacial score (nSPS) is 13.6. The van der Waals surface area contributed by atoms with Crippen molar-refractivity contribution in [3.63, 3.8) is 0 Å². The number of rotatable bonds is 8. The van der Waals surface area contributed by atoms with E-state index in [1.165, 1.54) is 0 Å². The van der Waals surface area contributed by atoms with Crippen LogP contribution >= 0.6 is 0 Å². The summed E-state index contributed by atoms with van der Waals surface area (Å²) in [6, 6.07) is 7.71. The van der Waals surface area contributed by atoms with Crippen molar-refractivity contribution in [1.82, 2.24) is 5.32 Å². The van der Waals surface area contributed by atoms with Gasteiger partial charge in [0.05, 0.1) is 6.61 Å². The standard InChI is InChI=1S/C15H24N2O3/c1-11(16)7-13-5-4-6-14(8-13)20-10-15(18)17-12(2)9-19-3/h4-6,8,11-12H,7,9-10,16H2,1-3H3,(H,17,18). The van der Waals surface area contributed by atoms with Crippen molar-refractivity contribution in [3.05, 3.63) is 29.8 Å². The van der Waals surface area contributed by atoms with E-state index in [1.807, 2.05) is 38.1 Å². The average molecular weight is 280 g/mol. The van der Waals surface area contributed by atoms with E-state index in [-0.39, 0.29) is 24.6 Å². The van der Waals surface area contributed by atoms with E-state index >= 15 is 0 Å². The molecule has 1 aromatic carbocycles. The minimum atomic E-state index is -0.160. The lowest BCUT2D eigenvalue weighted by atomic mass is 10.1. The zero-order valence-corrected chi connectivity index (χ0v) is 12.4. The number of amides is 1. The highest BCUT2D eigenvalue weighted by Crippen LogP contribution is 2.14. The summed E-state index contributed by atoms with van der Waals surface area (Å²) < 4.78 is 10.4. The minimum absolute atomic E-state index is 0.00428. The van der Waals surface area contributed by atoms with E-state index < -0.39 is 0 Å². The van der Waals surface area contributed by atoms with Crippen molar-refractivity contribution in [3.8, 4) is 5.75 Å². The number of methoxy groups -OCH3 is 1. The molecule has 1 rings (SSSR count). The maximum Gasteiger partial charge on any atom is 0.258 e. The highest BCUT2D eigenvalue weighted by molar-refractivity contribution is 5.77. The number of carbonyl (C=O) groups is 1. The highest BCUT2D eigenvalue weighted by atomic mass is 16.5. The van der Waals surface area contributed by atoms with Crippen molar-refractivity contribution >= 4 is 5.91 Å². The highest BCUT2D eigenvalue weighted by Gasteiger charge is 2.08. The molecule has 5 nitrogen and oxygen atoms in total. The fourth-order valence-corrected chi connectivity index (χ4v) is 1.89. The first-order chi connectivity index (χ1) is 9.51. The summed E-state index contributed by atoms with van der Waals surface area (Å²) in [7, 11) is 1.60. The first-order valence-electron chi connectivity index (χ1n) is 6.77. The van der Waals surface area contributed by atoms with Gasteiger partial charge in [-0.15, -0.1) is 0 Å². The topological polar surface area (TPSA) is 73.6 Å². The van der Waals surface area contributed by atoms with Gasteiger partial charge in [-0.25, -0.2) is 0 Å². The third-order valence-electron chi connectivity index (χ3n) is 2.65.